The average Bonchev–Trinajstić information content (AvgIpc) is 2.87. The van der Waals surface area contributed by atoms with Gasteiger partial charge in [-0.1, -0.05) is 43.4 Å². The zero-order chi connectivity index (χ0) is 23.9. The molecule has 0 atom stereocenters. The Labute approximate surface area is 199 Å². The van der Waals surface area contributed by atoms with Crippen LogP contribution in [0.15, 0.2) is 58.9 Å². The summed E-state index contributed by atoms with van der Waals surface area (Å²) in [5.74, 6) is 4.56. The highest BCUT2D eigenvalue weighted by atomic mass is 16.5. The number of methoxy groups -OCH3 is 1. The van der Waals surface area contributed by atoms with Crippen molar-refractivity contribution in [2.24, 2.45) is 5.10 Å². The second kappa shape index (κ2) is 10.8. The van der Waals surface area contributed by atoms with E-state index in [9.17, 15) is 4.79 Å². The number of benzene rings is 2. The lowest BCUT2D eigenvalue weighted by atomic mass is 9.88. The summed E-state index contributed by atoms with van der Waals surface area (Å²) in [6.45, 7) is 3.97. The molecule has 0 amide bonds. The summed E-state index contributed by atoms with van der Waals surface area (Å²) in [5.41, 5.74) is 2.21. The van der Waals surface area contributed by atoms with Crippen molar-refractivity contribution in [3.63, 3.8) is 0 Å². The fourth-order valence-corrected chi connectivity index (χ4v) is 4.50. The van der Waals surface area contributed by atoms with Crippen molar-refractivity contribution < 1.29 is 9.47 Å². The number of hydrogen-bond acceptors (Lipinski definition) is 5. The van der Waals surface area contributed by atoms with Gasteiger partial charge in [0.25, 0.3) is 5.56 Å². The summed E-state index contributed by atoms with van der Waals surface area (Å²) in [5, 5.41) is 5.19. The Kier molecular flexibility index (Phi) is 7.44. The minimum atomic E-state index is -0.158. The maximum atomic E-state index is 13.4. The van der Waals surface area contributed by atoms with Crippen molar-refractivity contribution >= 4 is 17.1 Å². The molecule has 0 radical (unpaired) electrons. The van der Waals surface area contributed by atoms with E-state index in [0.717, 1.165) is 42.6 Å². The number of ether oxygens (including phenoxy) is 2. The quantitative estimate of drug-likeness (QED) is 0.270. The molecule has 3 aromatic rings. The van der Waals surface area contributed by atoms with Gasteiger partial charge in [0.2, 0.25) is 0 Å². The molecule has 4 rings (SSSR count). The van der Waals surface area contributed by atoms with Crippen molar-refractivity contribution in [2.45, 2.75) is 44.4 Å². The summed E-state index contributed by atoms with van der Waals surface area (Å²) in [6, 6.07) is 11.2. The maximum Gasteiger partial charge on any atom is 0.282 e. The summed E-state index contributed by atoms with van der Waals surface area (Å²) < 4.78 is 12.8. The van der Waals surface area contributed by atoms with Gasteiger partial charge in [-0.15, -0.1) is 13.0 Å². The minimum absolute atomic E-state index is 0.136. The molecule has 6 heteroatoms. The van der Waals surface area contributed by atoms with Crippen LogP contribution in [0.3, 0.4) is 0 Å². The lowest BCUT2D eigenvalue weighted by molar-refractivity contribution is 0.328. The van der Waals surface area contributed by atoms with Crippen LogP contribution < -0.4 is 15.0 Å². The Hall–Kier alpha value is -3.85. The van der Waals surface area contributed by atoms with Crippen LogP contribution in [0.1, 0.15) is 55.0 Å². The maximum absolute atomic E-state index is 13.4. The number of allylic oxidation sites excluding steroid dienone is 1. The molecule has 6 nitrogen and oxygen atoms in total. The first kappa shape index (κ1) is 23.3. The molecule has 1 saturated carbocycles. The van der Waals surface area contributed by atoms with E-state index < -0.39 is 0 Å². The first-order valence-corrected chi connectivity index (χ1v) is 11.6. The summed E-state index contributed by atoms with van der Waals surface area (Å²) in [4.78, 5) is 18.3. The van der Waals surface area contributed by atoms with E-state index >= 15 is 0 Å². The third kappa shape index (κ3) is 4.89. The zero-order valence-electron chi connectivity index (χ0n) is 19.5. The molecule has 0 aliphatic heterocycles. The van der Waals surface area contributed by atoms with E-state index in [4.69, 9.17) is 20.9 Å². The van der Waals surface area contributed by atoms with Crippen molar-refractivity contribution in [1.29, 1.82) is 0 Å². The predicted octanol–water partition coefficient (Wildman–Crippen LogP) is 5.08. The monoisotopic (exact) mass is 455 g/mol. The first-order valence-electron chi connectivity index (χ1n) is 11.6. The van der Waals surface area contributed by atoms with Gasteiger partial charge < -0.3 is 9.47 Å². The van der Waals surface area contributed by atoms with Crippen molar-refractivity contribution in [3.05, 3.63) is 76.4 Å². The standard InChI is InChI=1S/C28H29N3O3/c1-4-11-22-17-20(18-25(33-3)26(22)34-16-5-2)19-29-31-27(21-12-7-6-8-13-21)30-24-15-10-9-14-23(24)28(31)32/h2,4,9-10,14-15,17-19,21H,1,6-8,11-13,16H2,3H3. The molecule has 2 aromatic carbocycles. The van der Waals surface area contributed by atoms with E-state index in [-0.39, 0.29) is 18.1 Å². The van der Waals surface area contributed by atoms with E-state index in [0.29, 0.717) is 28.8 Å². The van der Waals surface area contributed by atoms with Gasteiger partial charge in [-0.3, -0.25) is 4.79 Å². The van der Waals surface area contributed by atoms with E-state index in [1.54, 1.807) is 25.5 Å². The number of para-hydroxylation sites is 1. The van der Waals surface area contributed by atoms with Gasteiger partial charge in [0.1, 0.15) is 12.4 Å². The Bertz CT molecular complexity index is 1310. The number of fused-ring (bicyclic) bond motifs is 1. The van der Waals surface area contributed by atoms with Crippen molar-refractivity contribution in [2.75, 3.05) is 13.7 Å². The summed E-state index contributed by atoms with van der Waals surface area (Å²) >= 11 is 0. The molecule has 34 heavy (non-hydrogen) atoms. The lowest BCUT2D eigenvalue weighted by Crippen LogP contribution is -2.25. The number of nitrogens with zero attached hydrogens (tertiary/aromatic N) is 3. The zero-order valence-corrected chi connectivity index (χ0v) is 19.5. The lowest BCUT2D eigenvalue weighted by Gasteiger charge is -2.22. The van der Waals surface area contributed by atoms with Crippen LogP contribution in [0.2, 0.25) is 0 Å². The molecular weight excluding hydrogens is 426 g/mol. The van der Waals surface area contributed by atoms with Crippen molar-refractivity contribution in [3.8, 4) is 23.8 Å². The summed E-state index contributed by atoms with van der Waals surface area (Å²) in [7, 11) is 1.58. The molecule has 1 heterocycles. The number of terminal acetylenes is 1. The van der Waals surface area contributed by atoms with Crippen LogP contribution in [-0.2, 0) is 6.42 Å². The molecule has 1 aliphatic carbocycles. The SMILES string of the molecule is C#CCOc1c(CC=C)cc(C=Nn2c(C3CCCCC3)nc3ccccc3c2=O)cc1OC. The molecule has 0 spiro atoms. The summed E-state index contributed by atoms with van der Waals surface area (Å²) in [6.07, 6.45) is 14.9. The van der Waals surface area contributed by atoms with Crippen LogP contribution in [-0.4, -0.2) is 29.6 Å². The van der Waals surface area contributed by atoms with Gasteiger partial charge in [-0.2, -0.15) is 9.78 Å². The number of rotatable bonds is 8. The minimum Gasteiger partial charge on any atom is -0.493 e. The molecule has 1 aliphatic rings. The Morgan fingerprint density at radius 3 is 2.79 bits per heavy atom. The molecule has 0 N–H and O–H groups in total. The third-order valence-corrected chi connectivity index (χ3v) is 6.11. The molecule has 1 fully saturated rings. The fraction of sp³-hybridized carbons (Fsp3) is 0.321. The van der Waals surface area contributed by atoms with Crippen molar-refractivity contribution in [1.82, 2.24) is 9.66 Å². The Balaban J connectivity index is 1.80. The molecule has 0 saturated heterocycles. The molecule has 1 aromatic heterocycles. The third-order valence-electron chi connectivity index (χ3n) is 6.11. The van der Waals surface area contributed by atoms with Crippen LogP contribution in [0.5, 0.6) is 11.5 Å². The van der Waals surface area contributed by atoms with Gasteiger partial charge in [0, 0.05) is 11.5 Å². The molecule has 0 unspecified atom stereocenters. The molecular formula is C28H29N3O3. The Morgan fingerprint density at radius 1 is 1.26 bits per heavy atom. The second-order valence-electron chi connectivity index (χ2n) is 8.38. The Morgan fingerprint density at radius 2 is 2.06 bits per heavy atom. The largest absolute Gasteiger partial charge is 0.493 e. The topological polar surface area (TPSA) is 65.7 Å². The number of aromatic nitrogens is 2. The van der Waals surface area contributed by atoms with Gasteiger partial charge in [0.15, 0.2) is 11.5 Å². The first-order chi connectivity index (χ1) is 16.7. The highest BCUT2D eigenvalue weighted by Gasteiger charge is 2.22. The van der Waals surface area contributed by atoms with Gasteiger partial charge in [-0.05, 0) is 49.1 Å². The molecule has 0 bridgehead atoms. The normalized spacial score (nSPS) is 14.2. The van der Waals surface area contributed by atoms with E-state index in [1.807, 2.05) is 30.3 Å². The second-order valence-corrected chi connectivity index (χ2v) is 8.38. The highest BCUT2D eigenvalue weighted by molar-refractivity contribution is 5.82. The van der Waals surface area contributed by atoms with Crippen LogP contribution in [0.4, 0.5) is 0 Å². The smallest absolute Gasteiger partial charge is 0.282 e. The fourth-order valence-electron chi connectivity index (χ4n) is 4.50. The van der Waals surface area contributed by atoms with Crippen LogP contribution in [0, 0.1) is 12.3 Å². The average molecular weight is 456 g/mol. The van der Waals surface area contributed by atoms with Gasteiger partial charge >= 0.3 is 0 Å². The van der Waals surface area contributed by atoms with E-state index in [2.05, 4.69) is 17.6 Å². The van der Waals surface area contributed by atoms with E-state index in [1.165, 1.54) is 11.1 Å². The van der Waals surface area contributed by atoms with Gasteiger partial charge in [0.05, 0.1) is 24.2 Å². The number of hydrogen-bond donors (Lipinski definition) is 0. The molecule has 174 valence electrons. The predicted molar refractivity (Wildman–Crippen MR) is 136 cm³/mol. The van der Waals surface area contributed by atoms with Crippen LogP contribution >= 0.6 is 0 Å². The van der Waals surface area contributed by atoms with Gasteiger partial charge in [-0.25, -0.2) is 4.98 Å². The van der Waals surface area contributed by atoms with Crippen LogP contribution in [0.25, 0.3) is 10.9 Å². The highest BCUT2D eigenvalue weighted by Crippen LogP contribution is 2.34.